The highest BCUT2D eigenvalue weighted by Gasteiger charge is 2.16. The Morgan fingerprint density at radius 1 is 1.17 bits per heavy atom. The Morgan fingerprint density at radius 3 is 2.22 bits per heavy atom. The lowest BCUT2D eigenvalue weighted by Gasteiger charge is -2.12. The van der Waals surface area contributed by atoms with Crippen molar-refractivity contribution in [2.45, 2.75) is 31.6 Å². The van der Waals surface area contributed by atoms with Crippen molar-refractivity contribution in [2.75, 3.05) is 5.32 Å². The summed E-state index contributed by atoms with van der Waals surface area (Å²) in [5.41, 5.74) is 0.627. The third-order valence-corrected chi connectivity index (χ3v) is 3.02. The summed E-state index contributed by atoms with van der Waals surface area (Å²) in [7, 11) is 0. The quantitative estimate of drug-likeness (QED) is 0.734. The minimum atomic E-state index is -0.501. The summed E-state index contributed by atoms with van der Waals surface area (Å²) in [4.78, 5) is 24.1. The molecule has 1 rings (SSSR count). The third-order valence-electron chi connectivity index (χ3n) is 2.72. The van der Waals surface area contributed by atoms with Gasteiger partial charge in [-0.15, -0.1) is 12.6 Å². The van der Waals surface area contributed by atoms with Crippen molar-refractivity contribution >= 4 is 30.3 Å². The first kappa shape index (κ1) is 14.6. The van der Waals surface area contributed by atoms with E-state index >= 15 is 0 Å². The predicted molar refractivity (Wildman–Crippen MR) is 74.9 cm³/mol. The Morgan fingerprint density at radius 2 is 1.72 bits per heavy atom. The average Bonchev–Trinajstić information content (AvgIpc) is 2.33. The van der Waals surface area contributed by atoms with Gasteiger partial charge in [0.15, 0.2) is 0 Å². The highest BCUT2D eigenvalue weighted by Crippen LogP contribution is 2.12. The molecule has 0 saturated carbocycles. The minimum Gasteiger partial charge on any atom is -0.308 e. The molecule has 0 aromatic heterocycles. The number of anilines is 1. The van der Waals surface area contributed by atoms with Crippen LogP contribution in [0, 0.1) is 5.92 Å². The maximum Gasteiger partial charge on any atom is 0.325 e. The number of urea groups is 1. The molecule has 1 aromatic rings. The second-order valence-electron chi connectivity index (χ2n) is 4.00. The van der Waals surface area contributed by atoms with Gasteiger partial charge in [0.25, 0.3) is 0 Å². The van der Waals surface area contributed by atoms with E-state index in [4.69, 9.17) is 0 Å². The third kappa shape index (κ3) is 4.41. The first-order valence-corrected chi connectivity index (χ1v) is 6.42. The van der Waals surface area contributed by atoms with Crippen LogP contribution < -0.4 is 10.6 Å². The van der Waals surface area contributed by atoms with Gasteiger partial charge in [0.2, 0.25) is 5.91 Å². The van der Waals surface area contributed by atoms with Crippen LogP contribution in [-0.4, -0.2) is 11.9 Å². The Hall–Kier alpha value is -1.49. The molecule has 98 valence electrons. The minimum absolute atomic E-state index is 0.115. The number of carbonyl (C=O) groups excluding carboxylic acids is 2. The number of imide groups is 1. The van der Waals surface area contributed by atoms with Gasteiger partial charge >= 0.3 is 6.03 Å². The topological polar surface area (TPSA) is 58.2 Å². The zero-order valence-corrected chi connectivity index (χ0v) is 11.5. The lowest BCUT2D eigenvalue weighted by Crippen LogP contribution is -2.38. The Bertz CT molecular complexity index is 414. The fourth-order valence-corrected chi connectivity index (χ4v) is 1.73. The zero-order chi connectivity index (χ0) is 13.5. The maximum absolute atomic E-state index is 11.7. The SMILES string of the molecule is CCC(CC)C(=O)NC(=O)Nc1ccc(S)cc1. The molecule has 5 heteroatoms. The van der Waals surface area contributed by atoms with Crippen LogP contribution in [0.1, 0.15) is 26.7 Å². The zero-order valence-electron chi connectivity index (χ0n) is 10.6. The number of hydrogen-bond donors (Lipinski definition) is 3. The van der Waals surface area contributed by atoms with Gasteiger partial charge in [0.05, 0.1) is 0 Å². The molecule has 2 N–H and O–H groups in total. The molecule has 0 saturated heterocycles. The highest BCUT2D eigenvalue weighted by atomic mass is 32.1. The van der Waals surface area contributed by atoms with Gasteiger partial charge in [0, 0.05) is 16.5 Å². The van der Waals surface area contributed by atoms with Crippen LogP contribution in [-0.2, 0) is 4.79 Å². The van der Waals surface area contributed by atoms with Gasteiger partial charge < -0.3 is 5.32 Å². The number of hydrogen-bond acceptors (Lipinski definition) is 3. The molecule has 1 aromatic carbocycles. The van der Waals surface area contributed by atoms with E-state index < -0.39 is 6.03 Å². The highest BCUT2D eigenvalue weighted by molar-refractivity contribution is 7.80. The van der Waals surface area contributed by atoms with Gasteiger partial charge in [0.1, 0.15) is 0 Å². The summed E-state index contributed by atoms with van der Waals surface area (Å²) < 4.78 is 0. The van der Waals surface area contributed by atoms with E-state index in [1.165, 1.54) is 0 Å². The smallest absolute Gasteiger partial charge is 0.308 e. The molecule has 0 radical (unpaired) electrons. The molecule has 0 aliphatic carbocycles. The van der Waals surface area contributed by atoms with Gasteiger partial charge in [-0.05, 0) is 37.1 Å². The average molecular weight is 266 g/mol. The summed E-state index contributed by atoms with van der Waals surface area (Å²) in [6.45, 7) is 3.86. The second-order valence-corrected chi connectivity index (χ2v) is 4.52. The van der Waals surface area contributed by atoms with Crippen molar-refractivity contribution in [3.63, 3.8) is 0 Å². The van der Waals surface area contributed by atoms with Crippen LogP contribution >= 0.6 is 12.6 Å². The Balaban J connectivity index is 2.51. The Kier molecular flexibility index (Phi) is 5.71. The molecule has 3 amide bonds. The van der Waals surface area contributed by atoms with E-state index in [1.54, 1.807) is 24.3 Å². The van der Waals surface area contributed by atoms with Crippen LogP contribution in [0.15, 0.2) is 29.2 Å². The summed E-state index contributed by atoms with van der Waals surface area (Å²) in [5, 5.41) is 4.94. The molecule has 0 fully saturated rings. The summed E-state index contributed by atoms with van der Waals surface area (Å²) in [6, 6.07) is 6.48. The van der Waals surface area contributed by atoms with Gasteiger partial charge in [-0.3, -0.25) is 10.1 Å². The number of rotatable bonds is 4. The van der Waals surface area contributed by atoms with E-state index in [-0.39, 0.29) is 11.8 Å². The maximum atomic E-state index is 11.7. The lowest BCUT2D eigenvalue weighted by atomic mass is 10.0. The van der Waals surface area contributed by atoms with Crippen molar-refractivity contribution in [3.8, 4) is 0 Å². The van der Waals surface area contributed by atoms with E-state index in [1.807, 2.05) is 13.8 Å². The van der Waals surface area contributed by atoms with Crippen molar-refractivity contribution in [2.24, 2.45) is 5.92 Å². The van der Waals surface area contributed by atoms with E-state index in [0.29, 0.717) is 5.69 Å². The number of benzene rings is 1. The first-order valence-electron chi connectivity index (χ1n) is 5.97. The van der Waals surface area contributed by atoms with Crippen LogP contribution in [0.2, 0.25) is 0 Å². The first-order chi connectivity index (χ1) is 8.56. The molecule has 0 heterocycles. The molecule has 0 aliphatic heterocycles. The van der Waals surface area contributed by atoms with Crippen molar-refractivity contribution in [1.29, 1.82) is 0 Å². The molecule has 0 aliphatic rings. The summed E-state index contributed by atoms with van der Waals surface area (Å²) in [5.74, 6) is -0.348. The van der Waals surface area contributed by atoms with Crippen LogP contribution in [0.3, 0.4) is 0 Å². The van der Waals surface area contributed by atoms with Gasteiger partial charge in [-0.25, -0.2) is 4.79 Å². The molecule has 0 unspecified atom stereocenters. The molecule has 18 heavy (non-hydrogen) atoms. The van der Waals surface area contributed by atoms with Crippen molar-refractivity contribution in [1.82, 2.24) is 5.32 Å². The largest absolute Gasteiger partial charge is 0.325 e. The van der Waals surface area contributed by atoms with E-state index in [2.05, 4.69) is 23.3 Å². The molecule has 4 nitrogen and oxygen atoms in total. The van der Waals surface area contributed by atoms with E-state index in [0.717, 1.165) is 17.7 Å². The van der Waals surface area contributed by atoms with Crippen LogP contribution in [0.5, 0.6) is 0 Å². The predicted octanol–water partition coefficient (Wildman–Crippen LogP) is 3.06. The molecule has 0 atom stereocenters. The van der Waals surface area contributed by atoms with Crippen molar-refractivity contribution < 1.29 is 9.59 Å². The Labute approximate surface area is 113 Å². The van der Waals surface area contributed by atoms with Crippen molar-refractivity contribution in [3.05, 3.63) is 24.3 Å². The van der Waals surface area contributed by atoms with Gasteiger partial charge in [-0.2, -0.15) is 0 Å². The van der Waals surface area contributed by atoms with Crippen LogP contribution in [0.4, 0.5) is 10.5 Å². The monoisotopic (exact) mass is 266 g/mol. The standard InChI is InChI=1S/C13H18N2O2S/c1-3-9(4-2)12(16)15-13(17)14-10-5-7-11(18)8-6-10/h5-9,18H,3-4H2,1-2H3,(H2,14,15,16,17). The fraction of sp³-hybridized carbons (Fsp3) is 0.385. The second kappa shape index (κ2) is 7.06. The van der Waals surface area contributed by atoms with Gasteiger partial charge in [-0.1, -0.05) is 13.8 Å². The number of carbonyl (C=O) groups is 2. The number of nitrogens with one attached hydrogen (secondary N) is 2. The number of amides is 3. The normalized spacial score (nSPS) is 10.2. The molecule has 0 spiro atoms. The fourth-order valence-electron chi connectivity index (χ4n) is 1.58. The molecule has 0 bridgehead atoms. The molecular weight excluding hydrogens is 248 g/mol. The summed E-state index contributed by atoms with van der Waals surface area (Å²) >= 11 is 4.15. The number of thiol groups is 1. The van der Waals surface area contributed by atoms with Crippen LogP contribution in [0.25, 0.3) is 0 Å². The summed E-state index contributed by atoms with van der Waals surface area (Å²) in [6.07, 6.45) is 1.45. The van der Waals surface area contributed by atoms with E-state index in [9.17, 15) is 9.59 Å². The lowest BCUT2D eigenvalue weighted by molar-refractivity contribution is -0.123. The molecular formula is C13H18N2O2S.